The first kappa shape index (κ1) is 19.0. The zero-order chi connectivity index (χ0) is 18.9. The molecule has 2 nitrogen and oxygen atoms in total. The van der Waals surface area contributed by atoms with Crippen LogP contribution >= 0.6 is 23.2 Å². The molecule has 0 N–H and O–H groups in total. The van der Waals surface area contributed by atoms with E-state index in [1.54, 1.807) is 0 Å². The Balaban J connectivity index is 1.58. The van der Waals surface area contributed by atoms with Crippen molar-refractivity contribution < 1.29 is 4.79 Å². The number of hydrogen-bond acceptors (Lipinski definition) is 2. The van der Waals surface area contributed by atoms with Crippen LogP contribution in [0, 0.1) is 11.3 Å². The van der Waals surface area contributed by atoms with E-state index in [9.17, 15) is 4.79 Å². The standard InChI is InChI=1S/C23H25Cl2NO/c24-20-8-4-17(5-9-20)22(18-6-10-21(25)11-7-18)26-14-19(15-26)23(16-27)12-2-1-3-13-23/h4-11,16,19,22H,1-3,12-15H2. The van der Waals surface area contributed by atoms with E-state index in [1.165, 1.54) is 36.7 Å². The van der Waals surface area contributed by atoms with Gasteiger partial charge in [-0.3, -0.25) is 4.90 Å². The zero-order valence-corrected chi connectivity index (χ0v) is 16.9. The Hall–Kier alpha value is -1.35. The molecule has 2 aliphatic rings. The van der Waals surface area contributed by atoms with Crippen LogP contribution in [-0.4, -0.2) is 24.3 Å². The number of aldehydes is 1. The fourth-order valence-electron chi connectivity index (χ4n) is 4.82. The van der Waals surface area contributed by atoms with Crippen molar-refractivity contribution in [2.24, 2.45) is 11.3 Å². The highest BCUT2D eigenvalue weighted by Crippen LogP contribution is 2.47. The molecule has 0 amide bonds. The SMILES string of the molecule is O=CC1(C2CN(C(c3ccc(Cl)cc3)c3ccc(Cl)cc3)C2)CCCCC1. The molecule has 2 aromatic rings. The van der Waals surface area contributed by atoms with E-state index in [4.69, 9.17) is 23.2 Å². The lowest BCUT2D eigenvalue weighted by Crippen LogP contribution is -2.56. The van der Waals surface area contributed by atoms with Crippen molar-refractivity contribution in [3.05, 3.63) is 69.7 Å². The maximum atomic E-state index is 12.0. The van der Waals surface area contributed by atoms with Gasteiger partial charge in [-0.05, 0) is 54.2 Å². The molecule has 1 aliphatic carbocycles. The van der Waals surface area contributed by atoms with Gasteiger partial charge >= 0.3 is 0 Å². The minimum absolute atomic E-state index is 0.0979. The quantitative estimate of drug-likeness (QED) is 0.558. The van der Waals surface area contributed by atoms with E-state index in [2.05, 4.69) is 29.2 Å². The first-order valence-electron chi connectivity index (χ1n) is 9.83. The van der Waals surface area contributed by atoms with Crippen molar-refractivity contribution in [2.45, 2.75) is 38.1 Å². The Morgan fingerprint density at radius 1 is 0.852 bits per heavy atom. The van der Waals surface area contributed by atoms with Crippen LogP contribution < -0.4 is 0 Å². The van der Waals surface area contributed by atoms with Gasteiger partial charge in [-0.2, -0.15) is 0 Å². The summed E-state index contributed by atoms with van der Waals surface area (Å²) in [5, 5.41) is 1.49. The summed E-state index contributed by atoms with van der Waals surface area (Å²) in [4.78, 5) is 14.4. The van der Waals surface area contributed by atoms with Gasteiger partial charge in [0.05, 0.1) is 6.04 Å². The molecule has 0 atom stereocenters. The number of rotatable bonds is 5. The fraction of sp³-hybridized carbons (Fsp3) is 0.435. The van der Waals surface area contributed by atoms with E-state index < -0.39 is 0 Å². The Kier molecular flexibility index (Phi) is 5.59. The molecule has 0 unspecified atom stereocenters. The summed E-state index contributed by atoms with van der Waals surface area (Å²) in [5.41, 5.74) is 2.35. The van der Waals surface area contributed by atoms with Crippen LogP contribution in [0.25, 0.3) is 0 Å². The molecule has 1 heterocycles. The number of likely N-dealkylation sites (tertiary alicyclic amines) is 1. The second-order valence-electron chi connectivity index (χ2n) is 8.07. The third-order valence-electron chi connectivity index (χ3n) is 6.48. The van der Waals surface area contributed by atoms with Crippen molar-refractivity contribution in [1.29, 1.82) is 0 Å². The third kappa shape index (κ3) is 3.81. The fourth-order valence-corrected chi connectivity index (χ4v) is 5.08. The van der Waals surface area contributed by atoms with Crippen LogP contribution in [-0.2, 0) is 4.79 Å². The first-order valence-corrected chi connectivity index (χ1v) is 10.6. The van der Waals surface area contributed by atoms with E-state index in [-0.39, 0.29) is 11.5 Å². The summed E-state index contributed by atoms with van der Waals surface area (Å²) in [6.45, 7) is 1.93. The Morgan fingerprint density at radius 3 is 1.78 bits per heavy atom. The molecule has 4 rings (SSSR count). The Morgan fingerprint density at radius 2 is 1.33 bits per heavy atom. The van der Waals surface area contributed by atoms with Crippen molar-refractivity contribution in [2.75, 3.05) is 13.1 Å². The van der Waals surface area contributed by atoms with Crippen molar-refractivity contribution in [3.8, 4) is 0 Å². The van der Waals surface area contributed by atoms with Gasteiger partial charge in [0.15, 0.2) is 0 Å². The van der Waals surface area contributed by atoms with Gasteiger partial charge in [0, 0.05) is 28.5 Å². The van der Waals surface area contributed by atoms with E-state index in [1.807, 2.05) is 24.3 Å². The second-order valence-corrected chi connectivity index (χ2v) is 8.94. The predicted octanol–water partition coefficient (Wildman–Crippen LogP) is 6.16. The van der Waals surface area contributed by atoms with Crippen LogP contribution in [0.15, 0.2) is 48.5 Å². The summed E-state index contributed by atoms with van der Waals surface area (Å²) in [7, 11) is 0. The van der Waals surface area contributed by atoms with Crippen molar-refractivity contribution in [1.82, 2.24) is 4.90 Å². The van der Waals surface area contributed by atoms with E-state index in [0.717, 1.165) is 36.0 Å². The van der Waals surface area contributed by atoms with Gasteiger partial charge in [-0.15, -0.1) is 0 Å². The Labute approximate surface area is 171 Å². The molecule has 142 valence electrons. The molecule has 1 saturated carbocycles. The highest BCUT2D eigenvalue weighted by Gasteiger charge is 2.47. The maximum Gasteiger partial charge on any atom is 0.126 e. The zero-order valence-electron chi connectivity index (χ0n) is 15.4. The van der Waals surface area contributed by atoms with Crippen molar-refractivity contribution >= 4 is 29.5 Å². The number of benzene rings is 2. The van der Waals surface area contributed by atoms with Gasteiger partial charge in [-0.25, -0.2) is 0 Å². The number of hydrogen-bond donors (Lipinski definition) is 0. The summed E-state index contributed by atoms with van der Waals surface area (Å²) in [5.74, 6) is 0.470. The molecule has 0 spiro atoms. The molecule has 27 heavy (non-hydrogen) atoms. The van der Waals surface area contributed by atoms with Crippen LogP contribution in [0.5, 0.6) is 0 Å². The van der Waals surface area contributed by atoms with Crippen LogP contribution in [0.3, 0.4) is 0 Å². The molecule has 1 aliphatic heterocycles. The summed E-state index contributed by atoms with van der Waals surface area (Å²) >= 11 is 12.2. The predicted molar refractivity (Wildman–Crippen MR) is 111 cm³/mol. The lowest BCUT2D eigenvalue weighted by Gasteiger charge is -2.52. The number of halogens is 2. The molecule has 0 aromatic heterocycles. The maximum absolute atomic E-state index is 12.0. The molecule has 0 bridgehead atoms. The molecular formula is C23H25Cl2NO. The largest absolute Gasteiger partial charge is 0.303 e. The first-order chi connectivity index (χ1) is 13.1. The number of carbonyl (C=O) groups excluding carboxylic acids is 1. The van der Waals surface area contributed by atoms with Crippen LogP contribution in [0.4, 0.5) is 0 Å². The van der Waals surface area contributed by atoms with Gasteiger partial charge < -0.3 is 4.79 Å². The Bertz CT molecular complexity index is 730. The number of nitrogens with zero attached hydrogens (tertiary/aromatic N) is 1. The van der Waals surface area contributed by atoms with Crippen LogP contribution in [0.1, 0.15) is 49.3 Å². The average molecular weight is 402 g/mol. The normalized spacial score (nSPS) is 20.4. The molecule has 1 saturated heterocycles. The molecule has 2 aromatic carbocycles. The van der Waals surface area contributed by atoms with Gasteiger partial charge in [0.2, 0.25) is 0 Å². The minimum Gasteiger partial charge on any atom is -0.303 e. The molecular weight excluding hydrogens is 377 g/mol. The van der Waals surface area contributed by atoms with Gasteiger partial charge in [0.25, 0.3) is 0 Å². The van der Waals surface area contributed by atoms with Gasteiger partial charge in [-0.1, -0.05) is 66.7 Å². The lowest BCUT2D eigenvalue weighted by atomic mass is 9.63. The summed E-state index contributed by atoms with van der Waals surface area (Å²) in [6.07, 6.45) is 7.03. The third-order valence-corrected chi connectivity index (χ3v) is 6.98. The average Bonchev–Trinajstić information content (AvgIpc) is 2.67. The van der Waals surface area contributed by atoms with Gasteiger partial charge in [0.1, 0.15) is 6.29 Å². The monoisotopic (exact) mass is 401 g/mol. The minimum atomic E-state index is -0.0979. The topological polar surface area (TPSA) is 20.3 Å². The summed E-state index contributed by atoms with van der Waals surface area (Å²) < 4.78 is 0. The molecule has 0 radical (unpaired) electrons. The smallest absolute Gasteiger partial charge is 0.126 e. The molecule has 4 heteroatoms. The highest BCUT2D eigenvalue weighted by atomic mass is 35.5. The summed E-state index contributed by atoms with van der Waals surface area (Å²) in [6, 6.07) is 16.4. The molecule has 2 fully saturated rings. The number of carbonyl (C=O) groups is 1. The van der Waals surface area contributed by atoms with E-state index in [0.29, 0.717) is 5.92 Å². The van der Waals surface area contributed by atoms with Crippen molar-refractivity contribution in [3.63, 3.8) is 0 Å². The second kappa shape index (κ2) is 7.95. The van der Waals surface area contributed by atoms with E-state index >= 15 is 0 Å². The lowest BCUT2D eigenvalue weighted by molar-refractivity contribution is -0.128. The highest BCUT2D eigenvalue weighted by molar-refractivity contribution is 6.30. The van der Waals surface area contributed by atoms with Crippen LogP contribution in [0.2, 0.25) is 10.0 Å².